The van der Waals surface area contributed by atoms with E-state index in [0.29, 0.717) is 12.5 Å². The van der Waals surface area contributed by atoms with Crippen LogP contribution in [0.4, 0.5) is 5.69 Å². The van der Waals surface area contributed by atoms with Crippen LogP contribution in [-0.2, 0) is 0 Å². The van der Waals surface area contributed by atoms with Crippen molar-refractivity contribution in [1.29, 1.82) is 5.26 Å². The van der Waals surface area contributed by atoms with Gasteiger partial charge in [0.05, 0.1) is 22.8 Å². The van der Waals surface area contributed by atoms with Gasteiger partial charge in [-0.15, -0.1) is 0 Å². The van der Waals surface area contributed by atoms with E-state index in [2.05, 4.69) is 51.5 Å². The van der Waals surface area contributed by atoms with Crippen molar-refractivity contribution in [2.75, 3.05) is 50.8 Å². The second kappa shape index (κ2) is 13.7. The van der Waals surface area contributed by atoms with E-state index in [4.69, 9.17) is 31.6 Å². The van der Waals surface area contributed by atoms with Crippen LogP contribution in [0.5, 0.6) is 5.88 Å². The Morgan fingerprint density at radius 3 is 2.43 bits per heavy atom. The molecule has 0 spiro atoms. The average Bonchev–Trinajstić information content (AvgIpc) is 3.62. The number of nitrogens with one attached hydrogen (secondary N) is 1. The van der Waals surface area contributed by atoms with Crippen LogP contribution in [0.25, 0.3) is 32.9 Å². The summed E-state index contributed by atoms with van der Waals surface area (Å²) in [7, 11) is 0. The molecule has 0 saturated carbocycles. The van der Waals surface area contributed by atoms with Crippen LogP contribution < -0.4 is 15.0 Å². The molecule has 3 saturated heterocycles. The third-order valence-corrected chi connectivity index (χ3v) is 8.84. The van der Waals surface area contributed by atoms with Gasteiger partial charge < -0.3 is 15.0 Å². The van der Waals surface area contributed by atoms with Gasteiger partial charge in [0.15, 0.2) is 0 Å². The molecule has 8 heteroatoms. The normalized spacial score (nSPS) is 17.5. The van der Waals surface area contributed by atoms with Gasteiger partial charge in [0.1, 0.15) is 12.1 Å². The highest BCUT2D eigenvalue weighted by Crippen LogP contribution is 2.40. The van der Waals surface area contributed by atoms with Crippen molar-refractivity contribution in [1.82, 2.24) is 20.2 Å². The van der Waals surface area contributed by atoms with Crippen LogP contribution in [0.3, 0.4) is 0 Å². The molecule has 7 rings (SSSR count). The third kappa shape index (κ3) is 6.03. The molecular formula is C34H41ClN6O. The van der Waals surface area contributed by atoms with E-state index in [-0.39, 0.29) is 5.54 Å². The number of ether oxygens (including phenoxy) is 1. The number of rotatable bonds is 5. The van der Waals surface area contributed by atoms with Crippen LogP contribution in [0.2, 0.25) is 5.02 Å². The van der Waals surface area contributed by atoms with Gasteiger partial charge in [0.25, 0.3) is 0 Å². The molecule has 0 amide bonds. The first-order valence-electron chi connectivity index (χ1n) is 15.2. The molecule has 5 heterocycles. The minimum atomic E-state index is 0.186. The molecule has 1 N–H and O–H groups in total. The quantitative estimate of drug-likeness (QED) is 0.269. The standard InChI is InChI=1S/C30H32ClN5O.C2H3N.C2H6/c31-24-8-2-6-21-5-1-7-23(28(21)24)22-17-25-29(33-19-22)26(35-15-11-32-12-16-35)18-27(34-25)37-20-30-9-3-13-36(30)14-4-10-30;1-2-3;1-2/h1-2,5-8,17-19,32H,3-4,9-16,20H2;1H3;1-2H3. The maximum Gasteiger partial charge on any atom is 0.216 e. The van der Waals surface area contributed by atoms with Crippen molar-refractivity contribution in [2.24, 2.45) is 0 Å². The zero-order valence-electron chi connectivity index (χ0n) is 25.0. The first-order chi connectivity index (χ1) is 20.6. The highest BCUT2D eigenvalue weighted by molar-refractivity contribution is 6.36. The van der Waals surface area contributed by atoms with E-state index in [1.54, 1.807) is 6.07 Å². The van der Waals surface area contributed by atoms with Gasteiger partial charge in [-0.05, 0) is 61.9 Å². The van der Waals surface area contributed by atoms with Gasteiger partial charge in [0, 0.05) is 61.3 Å². The number of aromatic nitrogens is 2. The lowest BCUT2D eigenvalue weighted by molar-refractivity contribution is 0.111. The molecule has 3 fully saturated rings. The van der Waals surface area contributed by atoms with Gasteiger partial charge in [-0.3, -0.25) is 9.88 Å². The number of benzene rings is 2. The van der Waals surface area contributed by atoms with E-state index in [1.807, 2.05) is 32.2 Å². The summed E-state index contributed by atoms with van der Waals surface area (Å²) in [6.07, 6.45) is 6.93. The third-order valence-electron chi connectivity index (χ3n) is 8.52. The van der Waals surface area contributed by atoms with E-state index >= 15 is 0 Å². The lowest BCUT2D eigenvalue weighted by atomic mass is 9.95. The second-order valence-electron chi connectivity index (χ2n) is 10.9. The summed E-state index contributed by atoms with van der Waals surface area (Å²) < 4.78 is 6.53. The number of halogens is 1. The highest BCUT2D eigenvalue weighted by Gasteiger charge is 2.45. The van der Waals surface area contributed by atoms with Gasteiger partial charge in [-0.25, -0.2) is 4.98 Å². The molecule has 7 nitrogen and oxygen atoms in total. The predicted octanol–water partition coefficient (Wildman–Crippen LogP) is 7.08. The first-order valence-corrected chi connectivity index (χ1v) is 15.6. The minimum absolute atomic E-state index is 0.186. The smallest absolute Gasteiger partial charge is 0.216 e. The molecule has 2 aromatic heterocycles. The molecule has 0 bridgehead atoms. The van der Waals surface area contributed by atoms with Crippen molar-refractivity contribution in [3.63, 3.8) is 0 Å². The Kier molecular flexibility index (Phi) is 9.79. The Labute approximate surface area is 254 Å². The molecule has 0 aliphatic carbocycles. The summed E-state index contributed by atoms with van der Waals surface area (Å²) >= 11 is 6.66. The SMILES string of the molecule is CC.CC#N.Clc1cccc2cccc(-c3cnc4c(N5CCNCC5)cc(OCC56CCCN5CCC6)nc4c3)c12. The molecular weight excluding hydrogens is 544 g/mol. The van der Waals surface area contributed by atoms with Crippen LogP contribution in [0.1, 0.15) is 46.5 Å². The molecule has 4 aromatic rings. The van der Waals surface area contributed by atoms with Crippen molar-refractivity contribution < 1.29 is 4.74 Å². The zero-order chi connectivity index (χ0) is 29.5. The number of hydrogen-bond donors (Lipinski definition) is 1. The summed E-state index contributed by atoms with van der Waals surface area (Å²) in [4.78, 5) is 15.0. The molecule has 220 valence electrons. The topological polar surface area (TPSA) is 77.3 Å². The Hall–Kier alpha value is -3.44. The molecule has 3 aliphatic rings. The Bertz CT molecular complexity index is 1550. The number of hydrogen-bond acceptors (Lipinski definition) is 7. The summed E-state index contributed by atoms with van der Waals surface area (Å²) in [6, 6.07) is 18.3. The van der Waals surface area contributed by atoms with E-state index in [0.717, 1.165) is 69.8 Å². The summed E-state index contributed by atoms with van der Waals surface area (Å²) in [5, 5.41) is 13.7. The first kappa shape index (κ1) is 30.0. The number of anilines is 1. The Balaban J connectivity index is 0.000000665. The van der Waals surface area contributed by atoms with Crippen LogP contribution in [0.15, 0.2) is 54.7 Å². The van der Waals surface area contributed by atoms with E-state index in [9.17, 15) is 0 Å². The molecule has 0 unspecified atom stereocenters. The average molecular weight is 585 g/mol. The van der Waals surface area contributed by atoms with Gasteiger partial charge in [0.2, 0.25) is 5.88 Å². The molecule has 42 heavy (non-hydrogen) atoms. The van der Waals surface area contributed by atoms with Crippen LogP contribution >= 0.6 is 11.6 Å². The minimum Gasteiger partial charge on any atom is -0.476 e. The fourth-order valence-electron chi connectivity index (χ4n) is 6.65. The lowest BCUT2D eigenvalue weighted by Crippen LogP contribution is -2.44. The second-order valence-corrected chi connectivity index (χ2v) is 11.3. The number of fused-ring (bicyclic) bond motifs is 3. The molecule has 0 atom stereocenters. The van der Waals surface area contributed by atoms with E-state index in [1.165, 1.54) is 45.7 Å². The zero-order valence-corrected chi connectivity index (χ0v) is 25.8. The molecule has 0 radical (unpaired) electrons. The fourth-order valence-corrected chi connectivity index (χ4v) is 6.93. The Morgan fingerprint density at radius 2 is 1.71 bits per heavy atom. The van der Waals surface area contributed by atoms with Crippen molar-refractivity contribution in [2.45, 2.75) is 52.0 Å². The number of nitrogens with zero attached hydrogens (tertiary/aromatic N) is 5. The van der Waals surface area contributed by atoms with Crippen LogP contribution in [0, 0.1) is 11.3 Å². The number of piperazine rings is 1. The summed E-state index contributed by atoms with van der Waals surface area (Å²) in [5.41, 5.74) is 5.16. The van der Waals surface area contributed by atoms with Crippen molar-refractivity contribution in [3.8, 4) is 23.1 Å². The fraction of sp³-hybridized carbons (Fsp3) is 0.441. The molecule has 2 aromatic carbocycles. The maximum absolute atomic E-state index is 7.32. The highest BCUT2D eigenvalue weighted by atomic mass is 35.5. The molecule has 3 aliphatic heterocycles. The largest absolute Gasteiger partial charge is 0.476 e. The van der Waals surface area contributed by atoms with Gasteiger partial charge >= 0.3 is 0 Å². The van der Waals surface area contributed by atoms with Crippen molar-refractivity contribution in [3.05, 3.63) is 59.8 Å². The number of pyridine rings is 2. The van der Waals surface area contributed by atoms with Gasteiger partial charge in [-0.1, -0.05) is 55.8 Å². The predicted molar refractivity (Wildman–Crippen MR) is 173 cm³/mol. The monoisotopic (exact) mass is 584 g/mol. The number of nitriles is 1. The summed E-state index contributed by atoms with van der Waals surface area (Å²) in [6.45, 7) is 12.3. The van der Waals surface area contributed by atoms with E-state index < -0.39 is 0 Å². The van der Waals surface area contributed by atoms with Gasteiger partial charge in [-0.2, -0.15) is 5.26 Å². The lowest BCUT2D eigenvalue weighted by Gasteiger charge is -2.32. The maximum atomic E-state index is 7.32. The summed E-state index contributed by atoms with van der Waals surface area (Å²) in [5.74, 6) is 0.698. The van der Waals surface area contributed by atoms with Crippen LogP contribution in [-0.4, -0.2) is 66.3 Å². The van der Waals surface area contributed by atoms with Crippen molar-refractivity contribution >= 4 is 39.1 Å². The Morgan fingerprint density at radius 1 is 1.02 bits per heavy atom.